The lowest BCUT2D eigenvalue weighted by molar-refractivity contribution is -0.120. The summed E-state index contributed by atoms with van der Waals surface area (Å²) in [6.07, 6.45) is 2.78. The summed E-state index contributed by atoms with van der Waals surface area (Å²) >= 11 is 1.62. The van der Waals surface area contributed by atoms with E-state index in [0.717, 1.165) is 28.4 Å². The van der Waals surface area contributed by atoms with Crippen LogP contribution < -0.4 is 5.32 Å². The zero-order chi connectivity index (χ0) is 10.1. The Labute approximate surface area is 87.6 Å². The fourth-order valence-electron chi connectivity index (χ4n) is 1.39. The summed E-state index contributed by atoms with van der Waals surface area (Å²) in [6.45, 7) is 3.93. The molecule has 1 amide bonds. The molecule has 2 rings (SSSR count). The van der Waals surface area contributed by atoms with Gasteiger partial charge in [0.25, 0.3) is 0 Å². The van der Waals surface area contributed by atoms with Crippen molar-refractivity contribution >= 4 is 17.2 Å². The standard InChI is InChI=1S/C10H14N2OS/c1-6-9(14-7(2)11-6)5-10(13)12-8-3-4-8/h8H,3-5H2,1-2H3,(H,12,13). The smallest absolute Gasteiger partial charge is 0.225 e. The maximum atomic E-state index is 11.5. The second-order valence-electron chi connectivity index (χ2n) is 3.76. The van der Waals surface area contributed by atoms with E-state index in [1.807, 2.05) is 13.8 Å². The molecule has 0 saturated heterocycles. The number of aryl methyl sites for hydroxylation is 2. The van der Waals surface area contributed by atoms with Gasteiger partial charge in [-0.1, -0.05) is 0 Å². The summed E-state index contributed by atoms with van der Waals surface area (Å²) in [5, 5.41) is 4.02. The van der Waals surface area contributed by atoms with Crippen molar-refractivity contribution in [2.45, 2.75) is 39.2 Å². The Morgan fingerprint density at radius 3 is 2.79 bits per heavy atom. The Hall–Kier alpha value is -0.900. The first-order valence-electron chi connectivity index (χ1n) is 4.87. The van der Waals surface area contributed by atoms with Crippen LogP contribution in [-0.2, 0) is 11.2 Å². The summed E-state index contributed by atoms with van der Waals surface area (Å²) in [6, 6.07) is 0.455. The van der Waals surface area contributed by atoms with E-state index in [9.17, 15) is 4.79 Å². The lowest BCUT2D eigenvalue weighted by Crippen LogP contribution is -2.26. The van der Waals surface area contributed by atoms with E-state index in [-0.39, 0.29) is 5.91 Å². The molecule has 1 aliphatic carbocycles. The fraction of sp³-hybridized carbons (Fsp3) is 0.600. The van der Waals surface area contributed by atoms with E-state index >= 15 is 0 Å². The minimum Gasteiger partial charge on any atom is -0.353 e. The third kappa shape index (κ3) is 2.32. The molecule has 1 fully saturated rings. The van der Waals surface area contributed by atoms with Crippen LogP contribution in [0.1, 0.15) is 28.4 Å². The van der Waals surface area contributed by atoms with Crippen molar-refractivity contribution in [1.29, 1.82) is 0 Å². The number of nitrogens with zero attached hydrogens (tertiary/aromatic N) is 1. The zero-order valence-corrected chi connectivity index (χ0v) is 9.28. The van der Waals surface area contributed by atoms with E-state index < -0.39 is 0 Å². The third-order valence-corrected chi connectivity index (χ3v) is 3.34. The van der Waals surface area contributed by atoms with Gasteiger partial charge in [0.15, 0.2) is 0 Å². The summed E-state index contributed by atoms with van der Waals surface area (Å²) in [4.78, 5) is 16.9. The topological polar surface area (TPSA) is 42.0 Å². The number of aromatic nitrogens is 1. The highest BCUT2D eigenvalue weighted by atomic mass is 32.1. The molecular weight excluding hydrogens is 196 g/mol. The second-order valence-corrected chi connectivity index (χ2v) is 5.05. The number of hydrogen-bond donors (Lipinski definition) is 1. The third-order valence-electron chi connectivity index (χ3n) is 2.26. The SMILES string of the molecule is Cc1nc(C)c(CC(=O)NC2CC2)s1. The molecule has 1 saturated carbocycles. The number of thiazole rings is 1. The number of nitrogens with one attached hydrogen (secondary N) is 1. The van der Waals surface area contributed by atoms with Gasteiger partial charge in [-0.15, -0.1) is 11.3 Å². The molecule has 1 aliphatic rings. The first kappa shape index (κ1) is 9.65. The Balaban J connectivity index is 1.95. The Morgan fingerprint density at radius 2 is 2.29 bits per heavy atom. The van der Waals surface area contributed by atoms with Crippen LogP contribution >= 0.6 is 11.3 Å². The molecule has 0 unspecified atom stereocenters. The van der Waals surface area contributed by atoms with E-state index in [1.54, 1.807) is 11.3 Å². The van der Waals surface area contributed by atoms with Gasteiger partial charge in [0.05, 0.1) is 17.1 Å². The predicted molar refractivity (Wildman–Crippen MR) is 56.5 cm³/mol. The first-order chi connectivity index (χ1) is 6.65. The molecule has 1 aromatic heterocycles. The number of amides is 1. The molecule has 0 spiro atoms. The average molecular weight is 210 g/mol. The molecule has 1 heterocycles. The van der Waals surface area contributed by atoms with Gasteiger partial charge < -0.3 is 5.32 Å². The minimum atomic E-state index is 0.138. The van der Waals surface area contributed by atoms with Crippen molar-refractivity contribution in [2.24, 2.45) is 0 Å². The van der Waals surface area contributed by atoms with Gasteiger partial charge in [-0.3, -0.25) is 4.79 Å². The molecule has 0 aromatic carbocycles. The van der Waals surface area contributed by atoms with E-state index in [1.165, 1.54) is 0 Å². The molecular formula is C10H14N2OS. The van der Waals surface area contributed by atoms with Crippen molar-refractivity contribution in [1.82, 2.24) is 10.3 Å². The Kier molecular flexibility index (Phi) is 2.54. The number of rotatable bonds is 3. The fourth-order valence-corrected chi connectivity index (χ4v) is 2.33. The lowest BCUT2D eigenvalue weighted by Gasteiger charge is -2.01. The van der Waals surface area contributed by atoms with Crippen LogP contribution in [-0.4, -0.2) is 16.9 Å². The summed E-state index contributed by atoms with van der Waals surface area (Å²) in [5.74, 6) is 0.138. The normalized spacial score (nSPS) is 15.6. The quantitative estimate of drug-likeness (QED) is 0.823. The van der Waals surface area contributed by atoms with Crippen LogP contribution in [0, 0.1) is 13.8 Å². The summed E-state index contributed by atoms with van der Waals surface area (Å²) in [7, 11) is 0. The number of carbonyl (C=O) groups is 1. The number of carbonyl (C=O) groups excluding carboxylic acids is 1. The predicted octanol–water partition coefficient (Wildman–Crippen LogP) is 1.58. The first-order valence-corrected chi connectivity index (χ1v) is 5.69. The van der Waals surface area contributed by atoms with Gasteiger partial charge >= 0.3 is 0 Å². The maximum absolute atomic E-state index is 11.5. The molecule has 0 radical (unpaired) electrons. The van der Waals surface area contributed by atoms with E-state index in [0.29, 0.717) is 12.5 Å². The molecule has 0 aliphatic heterocycles. The molecule has 3 nitrogen and oxygen atoms in total. The van der Waals surface area contributed by atoms with Crippen molar-refractivity contribution in [3.8, 4) is 0 Å². The lowest BCUT2D eigenvalue weighted by atomic mass is 10.3. The molecule has 1 N–H and O–H groups in total. The molecule has 0 atom stereocenters. The van der Waals surface area contributed by atoms with Crippen molar-refractivity contribution in [2.75, 3.05) is 0 Å². The molecule has 14 heavy (non-hydrogen) atoms. The highest BCUT2D eigenvalue weighted by Crippen LogP contribution is 2.20. The highest BCUT2D eigenvalue weighted by Gasteiger charge is 2.23. The van der Waals surface area contributed by atoms with Gasteiger partial charge in [-0.2, -0.15) is 0 Å². The highest BCUT2D eigenvalue weighted by molar-refractivity contribution is 7.11. The van der Waals surface area contributed by atoms with Gasteiger partial charge in [0.1, 0.15) is 0 Å². The average Bonchev–Trinajstić information content (AvgIpc) is 2.81. The van der Waals surface area contributed by atoms with Gasteiger partial charge in [0.2, 0.25) is 5.91 Å². The van der Waals surface area contributed by atoms with E-state index in [2.05, 4.69) is 10.3 Å². The second kappa shape index (κ2) is 3.69. The van der Waals surface area contributed by atoms with Crippen LogP contribution in [0.2, 0.25) is 0 Å². The van der Waals surface area contributed by atoms with Crippen molar-refractivity contribution < 1.29 is 4.79 Å². The van der Waals surface area contributed by atoms with Gasteiger partial charge in [-0.05, 0) is 26.7 Å². The van der Waals surface area contributed by atoms with Crippen LogP contribution in [0.3, 0.4) is 0 Å². The Bertz CT molecular complexity index is 355. The molecule has 0 bridgehead atoms. The molecule has 4 heteroatoms. The maximum Gasteiger partial charge on any atom is 0.225 e. The van der Waals surface area contributed by atoms with Gasteiger partial charge in [-0.25, -0.2) is 4.98 Å². The monoisotopic (exact) mass is 210 g/mol. The largest absolute Gasteiger partial charge is 0.353 e. The van der Waals surface area contributed by atoms with E-state index in [4.69, 9.17) is 0 Å². The summed E-state index contributed by atoms with van der Waals surface area (Å²) in [5.41, 5.74) is 0.999. The van der Waals surface area contributed by atoms with Crippen LogP contribution in [0.15, 0.2) is 0 Å². The number of hydrogen-bond acceptors (Lipinski definition) is 3. The van der Waals surface area contributed by atoms with Gasteiger partial charge in [0, 0.05) is 10.9 Å². The Morgan fingerprint density at radius 1 is 1.57 bits per heavy atom. The minimum absolute atomic E-state index is 0.138. The molecule has 1 aromatic rings. The van der Waals surface area contributed by atoms with Crippen LogP contribution in [0.5, 0.6) is 0 Å². The van der Waals surface area contributed by atoms with Crippen molar-refractivity contribution in [3.05, 3.63) is 15.6 Å². The van der Waals surface area contributed by atoms with Crippen LogP contribution in [0.4, 0.5) is 0 Å². The summed E-state index contributed by atoms with van der Waals surface area (Å²) < 4.78 is 0. The molecule has 76 valence electrons. The zero-order valence-electron chi connectivity index (χ0n) is 8.46. The van der Waals surface area contributed by atoms with Crippen LogP contribution in [0.25, 0.3) is 0 Å². The van der Waals surface area contributed by atoms with Crippen molar-refractivity contribution in [3.63, 3.8) is 0 Å².